The summed E-state index contributed by atoms with van der Waals surface area (Å²) in [7, 11) is 0. The van der Waals surface area contributed by atoms with E-state index in [0.29, 0.717) is 6.17 Å². The summed E-state index contributed by atoms with van der Waals surface area (Å²) in [6.45, 7) is 8.77. The summed E-state index contributed by atoms with van der Waals surface area (Å²) < 4.78 is 0.904. The molecule has 2 atom stereocenters. The van der Waals surface area contributed by atoms with Crippen LogP contribution in [0.15, 0.2) is 24.6 Å². The molecule has 2 unspecified atom stereocenters. The number of quaternary nitrogens is 1. The van der Waals surface area contributed by atoms with Crippen molar-refractivity contribution in [3.05, 3.63) is 24.6 Å². The molecule has 0 fully saturated rings. The fourth-order valence-electron chi connectivity index (χ4n) is 3.37. The molecule has 1 aliphatic rings. The van der Waals surface area contributed by atoms with Gasteiger partial charge in [-0.3, -0.25) is 9.28 Å². The van der Waals surface area contributed by atoms with Crippen LogP contribution in [0.1, 0.15) is 72.1 Å². The van der Waals surface area contributed by atoms with E-state index in [1.807, 2.05) is 0 Å². The first-order valence-corrected chi connectivity index (χ1v) is 9.84. The average Bonchev–Trinajstić information content (AvgIpc) is 2.96. The highest BCUT2D eigenvalue weighted by Gasteiger charge is 2.35. The molecule has 4 nitrogen and oxygen atoms in total. The van der Waals surface area contributed by atoms with Gasteiger partial charge in [0.1, 0.15) is 12.7 Å². The van der Waals surface area contributed by atoms with E-state index in [4.69, 9.17) is 0 Å². The summed E-state index contributed by atoms with van der Waals surface area (Å²) in [6.07, 6.45) is 19.8. The van der Waals surface area contributed by atoms with Gasteiger partial charge < -0.3 is 10.6 Å². The van der Waals surface area contributed by atoms with Crippen molar-refractivity contribution < 1.29 is 9.28 Å². The van der Waals surface area contributed by atoms with Crippen LogP contribution in [0.5, 0.6) is 0 Å². The van der Waals surface area contributed by atoms with Gasteiger partial charge in [0.15, 0.2) is 6.17 Å². The van der Waals surface area contributed by atoms with E-state index in [1.165, 1.54) is 44.9 Å². The summed E-state index contributed by atoms with van der Waals surface area (Å²) >= 11 is 0. The third-order valence-electron chi connectivity index (χ3n) is 5.02. The minimum Gasteiger partial charge on any atom is -0.351 e. The minimum absolute atomic E-state index is 0.0516. The molecule has 0 bridgehead atoms. The lowest BCUT2D eigenvalue weighted by atomic mass is 10.1. The van der Waals surface area contributed by atoms with Crippen LogP contribution in [-0.2, 0) is 4.79 Å². The van der Waals surface area contributed by atoms with Crippen molar-refractivity contribution in [2.75, 3.05) is 19.6 Å². The predicted octanol–water partition coefficient (Wildman–Crippen LogP) is 4.06. The molecule has 4 heteroatoms. The first-order chi connectivity index (χ1) is 11.6. The quantitative estimate of drug-likeness (QED) is 0.302. The molecule has 0 saturated carbocycles. The molecule has 0 spiro atoms. The Morgan fingerprint density at radius 3 is 2.62 bits per heavy atom. The smallest absolute Gasteiger partial charge is 0.217 e. The van der Waals surface area contributed by atoms with Crippen molar-refractivity contribution in [1.29, 1.82) is 0 Å². The molecule has 24 heavy (non-hydrogen) atoms. The van der Waals surface area contributed by atoms with Crippen LogP contribution in [0.4, 0.5) is 0 Å². The number of amides is 1. The molecular formula is C20H38N3O+. The van der Waals surface area contributed by atoms with Crippen LogP contribution in [0.25, 0.3) is 0 Å². The summed E-state index contributed by atoms with van der Waals surface area (Å²) in [6, 6.07) is 0. The third kappa shape index (κ3) is 7.52. The number of rotatable bonds is 13. The lowest BCUT2D eigenvalue weighted by molar-refractivity contribution is -0.897. The van der Waals surface area contributed by atoms with Gasteiger partial charge in [-0.2, -0.15) is 0 Å². The lowest BCUT2D eigenvalue weighted by Gasteiger charge is -2.36. The SMILES string of the molecule is CCCCCCCC/C=C/CC1NC=C[N+]1(CC)CCNC(C)=O. The predicted molar refractivity (Wildman–Crippen MR) is 102 cm³/mol. The minimum atomic E-state index is 0.0516. The fraction of sp³-hybridized carbons (Fsp3) is 0.750. The average molecular weight is 337 g/mol. The van der Waals surface area contributed by atoms with Crippen molar-refractivity contribution in [2.45, 2.75) is 78.3 Å². The van der Waals surface area contributed by atoms with Crippen molar-refractivity contribution in [3.63, 3.8) is 0 Å². The number of unbranched alkanes of at least 4 members (excludes halogenated alkanes) is 6. The Bertz CT molecular complexity index is 406. The third-order valence-corrected chi connectivity index (χ3v) is 5.02. The van der Waals surface area contributed by atoms with Crippen LogP contribution >= 0.6 is 0 Å². The Kier molecular flexibility index (Phi) is 10.5. The second kappa shape index (κ2) is 12.1. The second-order valence-electron chi connectivity index (χ2n) is 6.89. The molecule has 1 aliphatic heterocycles. The van der Waals surface area contributed by atoms with Crippen LogP contribution in [-0.4, -0.2) is 36.2 Å². The molecule has 0 aromatic carbocycles. The number of carbonyl (C=O) groups excluding carboxylic acids is 1. The van der Waals surface area contributed by atoms with Crippen molar-refractivity contribution >= 4 is 5.91 Å². The van der Waals surface area contributed by atoms with Crippen molar-refractivity contribution in [2.24, 2.45) is 0 Å². The van der Waals surface area contributed by atoms with Crippen LogP contribution in [0.2, 0.25) is 0 Å². The Labute approximate surface area is 149 Å². The normalized spacial score (nSPS) is 22.9. The van der Waals surface area contributed by atoms with Gasteiger partial charge in [-0.1, -0.05) is 51.2 Å². The standard InChI is InChI=1S/C20H37N3O/c1-4-6-7-8-9-10-11-12-13-14-20-22-16-18-23(20,5-2)17-15-21-19(3)24/h12-13,16,18,20,22H,4-11,14-15,17H2,1-3H3/p+1/b13-12+. The highest BCUT2D eigenvalue weighted by molar-refractivity contribution is 5.72. The van der Waals surface area contributed by atoms with Crippen LogP contribution in [0, 0.1) is 0 Å². The van der Waals surface area contributed by atoms with Gasteiger partial charge in [-0.05, 0) is 19.8 Å². The molecule has 0 aromatic heterocycles. The Balaban J connectivity index is 2.26. The van der Waals surface area contributed by atoms with E-state index in [9.17, 15) is 4.79 Å². The molecule has 1 amide bonds. The monoisotopic (exact) mass is 336 g/mol. The number of nitrogens with zero attached hydrogens (tertiary/aromatic N) is 1. The van der Waals surface area contributed by atoms with Gasteiger partial charge in [0.05, 0.1) is 19.3 Å². The molecule has 1 heterocycles. The number of hydrogen-bond donors (Lipinski definition) is 2. The molecule has 0 radical (unpaired) electrons. The van der Waals surface area contributed by atoms with Crippen molar-refractivity contribution in [1.82, 2.24) is 10.6 Å². The van der Waals surface area contributed by atoms with Gasteiger partial charge >= 0.3 is 0 Å². The zero-order valence-corrected chi connectivity index (χ0v) is 16.0. The molecule has 138 valence electrons. The van der Waals surface area contributed by atoms with Gasteiger partial charge in [0.2, 0.25) is 5.91 Å². The Morgan fingerprint density at radius 1 is 1.17 bits per heavy atom. The van der Waals surface area contributed by atoms with E-state index < -0.39 is 0 Å². The summed E-state index contributed by atoms with van der Waals surface area (Å²) in [5.74, 6) is 0.0516. The number of likely N-dealkylation sites (N-methyl/N-ethyl adjacent to an activating group) is 1. The van der Waals surface area contributed by atoms with E-state index in [1.54, 1.807) is 6.92 Å². The number of allylic oxidation sites excluding steroid dienone is 1. The fourth-order valence-corrected chi connectivity index (χ4v) is 3.37. The van der Waals surface area contributed by atoms with E-state index in [-0.39, 0.29) is 5.91 Å². The highest BCUT2D eigenvalue weighted by Crippen LogP contribution is 2.21. The van der Waals surface area contributed by atoms with Crippen LogP contribution < -0.4 is 10.6 Å². The van der Waals surface area contributed by atoms with E-state index in [2.05, 4.69) is 49.0 Å². The first-order valence-electron chi connectivity index (χ1n) is 9.84. The lowest BCUT2D eigenvalue weighted by Crippen LogP contribution is -2.55. The largest absolute Gasteiger partial charge is 0.351 e. The van der Waals surface area contributed by atoms with Gasteiger partial charge in [0, 0.05) is 13.3 Å². The maximum Gasteiger partial charge on any atom is 0.217 e. The van der Waals surface area contributed by atoms with Crippen molar-refractivity contribution in [3.8, 4) is 0 Å². The Morgan fingerprint density at radius 2 is 1.92 bits per heavy atom. The first kappa shape index (κ1) is 20.8. The summed E-state index contributed by atoms with van der Waals surface area (Å²) in [4.78, 5) is 11.1. The topological polar surface area (TPSA) is 41.1 Å². The Hall–Kier alpha value is -1.29. The van der Waals surface area contributed by atoms with E-state index >= 15 is 0 Å². The summed E-state index contributed by atoms with van der Waals surface area (Å²) in [5, 5.41) is 6.41. The van der Waals surface area contributed by atoms with Gasteiger partial charge in [-0.15, -0.1) is 0 Å². The highest BCUT2D eigenvalue weighted by atomic mass is 16.1. The molecule has 0 aliphatic carbocycles. The zero-order valence-electron chi connectivity index (χ0n) is 16.0. The molecule has 2 N–H and O–H groups in total. The number of carbonyl (C=O) groups is 1. The zero-order chi connectivity index (χ0) is 17.7. The van der Waals surface area contributed by atoms with Gasteiger partial charge in [-0.25, -0.2) is 0 Å². The summed E-state index contributed by atoms with van der Waals surface area (Å²) in [5.41, 5.74) is 0. The molecular weight excluding hydrogens is 298 g/mol. The maximum atomic E-state index is 11.1. The number of hydrogen-bond acceptors (Lipinski definition) is 2. The number of nitrogens with one attached hydrogen (secondary N) is 2. The molecule has 0 aromatic rings. The van der Waals surface area contributed by atoms with Crippen LogP contribution in [0.3, 0.4) is 0 Å². The maximum absolute atomic E-state index is 11.1. The van der Waals surface area contributed by atoms with Gasteiger partial charge in [0.25, 0.3) is 0 Å². The molecule has 1 rings (SSSR count). The molecule has 0 saturated heterocycles. The van der Waals surface area contributed by atoms with E-state index in [0.717, 1.165) is 30.5 Å². The second-order valence-corrected chi connectivity index (χ2v) is 6.89.